The normalized spacial score (nSPS) is 16.2. The van der Waals surface area contributed by atoms with Crippen molar-refractivity contribution in [3.63, 3.8) is 0 Å². The van der Waals surface area contributed by atoms with Crippen LogP contribution in [0.2, 0.25) is 0 Å². The molecule has 0 N–H and O–H groups in total. The Morgan fingerprint density at radius 3 is 2.58 bits per heavy atom. The first-order valence-electron chi connectivity index (χ1n) is 10.3. The molecule has 1 aromatic heterocycles. The first-order valence-corrected chi connectivity index (χ1v) is 10.3. The molecule has 156 valence electrons. The van der Waals surface area contributed by atoms with Crippen molar-refractivity contribution in [2.75, 3.05) is 18.6 Å². The molecule has 5 rings (SSSR count). The molecular formula is C25H22N2O4. The van der Waals surface area contributed by atoms with Crippen molar-refractivity contribution in [3.05, 3.63) is 89.5 Å². The molecule has 0 spiro atoms. The van der Waals surface area contributed by atoms with Gasteiger partial charge in [-0.05, 0) is 42.7 Å². The number of amides is 2. The van der Waals surface area contributed by atoms with Crippen molar-refractivity contribution in [1.82, 2.24) is 4.90 Å². The van der Waals surface area contributed by atoms with Gasteiger partial charge in [0.1, 0.15) is 17.2 Å². The Balaban J connectivity index is 1.68. The number of methoxy groups -OCH3 is 1. The van der Waals surface area contributed by atoms with E-state index in [-0.39, 0.29) is 18.4 Å². The number of hydrogen-bond acceptors (Lipinski definition) is 5. The van der Waals surface area contributed by atoms with E-state index in [0.29, 0.717) is 34.9 Å². The van der Waals surface area contributed by atoms with E-state index in [2.05, 4.69) is 6.07 Å². The van der Waals surface area contributed by atoms with Crippen LogP contribution in [0.25, 0.3) is 5.57 Å². The number of carbonyl (C=O) groups is 2. The van der Waals surface area contributed by atoms with E-state index in [1.807, 2.05) is 41.3 Å². The van der Waals surface area contributed by atoms with Crippen LogP contribution in [0.3, 0.4) is 0 Å². The maximum Gasteiger partial charge on any atom is 0.278 e. The lowest BCUT2D eigenvalue weighted by molar-refractivity contribution is -0.137. The molecule has 3 aromatic rings. The van der Waals surface area contributed by atoms with Crippen LogP contribution in [-0.4, -0.2) is 30.4 Å². The van der Waals surface area contributed by atoms with Crippen molar-refractivity contribution < 1.29 is 18.7 Å². The first-order chi connectivity index (χ1) is 15.2. The number of furan rings is 1. The summed E-state index contributed by atoms with van der Waals surface area (Å²) in [6.45, 7) is 0.751. The lowest BCUT2D eigenvalue weighted by atomic mass is 9.98. The molecule has 0 aliphatic carbocycles. The van der Waals surface area contributed by atoms with Gasteiger partial charge in [-0.15, -0.1) is 0 Å². The fourth-order valence-electron chi connectivity index (χ4n) is 4.38. The summed E-state index contributed by atoms with van der Waals surface area (Å²) in [5.41, 5.74) is 3.52. The van der Waals surface area contributed by atoms with Gasteiger partial charge in [0.2, 0.25) is 0 Å². The first kappa shape index (κ1) is 19.2. The molecule has 0 saturated carbocycles. The number of carbonyl (C=O) groups excluding carboxylic acids is 2. The molecule has 0 bridgehead atoms. The van der Waals surface area contributed by atoms with E-state index in [0.717, 1.165) is 18.5 Å². The standard InChI is InChI=1S/C25H22N2O4/c1-30-21-13-5-3-11-19(21)22-23(26-14-6-9-17-8-2-4-12-20(17)26)25(29)27(24(22)28)16-18-10-7-15-31-18/h2-5,7-8,10-13,15H,6,9,14,16H2,1H3. The minimum absolute atomic E-state index is 0.0856. The predicted molar refractivity (Wildman–Crippen MR) is 116 cm³/mol. The highest BCUT2D eigenvalue weighted by atomic mass is 16.5. The molecule has 31 heavy (non-hydrogen) atoms. The van der Waals surface area contributed by atoms with Gasteiger partial charge in [0, 0.05) is 17.8 Å². The van der Waals surface area contributed by atoms with Crippen LogP contribution in [0.4, 0.5) is 5.69 Å². The van der Waals surface area contributed by atoms with Crippen LogP contribution < -0.4 is 9.64 Å². The zero-order valence-corrected chi connectivity index (χ0v) is 17.2. The Bertz CT molecular complexity index is 1180. The van der Waals surface area contributed by atoms with Crippen LogP contribution in [0.5, 0.6) is 5.75 Å². The van der Waals surface area contributed by atoms with Gasteiger partial charge in [0.05, 0.1) is 25.5 Å². The molecule has 2 aromatic carbocycles. The summed E-state index contributed by atoms with van der Waals surface area (Å²) >= 11 is 0. The van der Waals surface area contributed by atoms with E-state index in [1.54, 1.807) is 25.3 Å². The van der Waals surface area contributed by atoms with Gasteiger partial charge in [-0.3, -0.25) is 14.5 Å². The number of nitrogens with zero attached hydrogens (tertiary/aromatic N) is 2. The molecule has 0 atom stereocenters. The molecule has 0 fully saturated rings. The van der Waals surface area contributed by atoms with E-state index < -0.39 is 0 Å². The van der Waals surface area contributed by atoms with E-state index in [4.69, 9.17) is 9.15 Å². The highest BCUT2D eigenvalue weighted by Gasteiger charge is 2.43. The number of aryl methyl sites for hydroxylation is 1. The van der Waals surface area contributed by atoms with Gasteiger partial charge in [0.25, 0.3) is 11.8 Å². The Labute approximate surface area is 180 Å². The maximum atomic E-state index is 13.7. The zero-order valence-electron chi connectivity index (χ0n) is 17.2. The molecule has 0 saturated heterocycles. The van der Waals surface area contributed by atoms with Crippen LogP contribution >= 0.6 is 0 Å². The Morgan fingerprint density at radius 1 is 0.968 bits per heavy atom. The second kappa shape index (κ2) is 7.80. The summed E-state index contributed by atoms with van der Waals surface area (Å²) in [7, 11) is 1.57. The lowest BCUT2D eigenvalue weighted by Gasteiger charge is -2.32. The summed E-state index contributed by atoms with van der Waals surface area (Å²) in [4.78, 5) is 30.5. The zero-order chi connectivity index (χ0) is 21.4. The number of fused-ring (bicyclic) bond motifs is 1. The van der Waals surface area contributed by atoms with Gasteiger partial charge in [-0.1, -0.05) is 36.4 Å². The van der Waals surface area contributed by atoms with Crippen LogP contribution in [0.1, 0.15) is 23.3 Å². The third-order valence-electron chi connectivity index (χ3n) is 5.79. The fourth-order valence-corrected chi connectivity index (χ4v) is 4.38. The number of hydrogen-bond donors (Lipinski definition) is 0. The Hall–Kier alpha value is -3.80. The second-order valence-corrected chi connectivity index (χ2v) is 7.58. The molecular weight excluding hydrogens is 392 g/mol. The average Bonchev–Trinajstić information content (AvgIpc) is 3.41. The molecule has 6 nitrogen and oxygen atoms in total. The topological polar surface area (TPSA) is 63.0 Å². The number of rotatable bonds is 5. The molecule has 3 heterocycles. The van der Waals surface area contributed by atoms with Crippen LogP contribution in [0.15, 0.2) is 77.0 Å². The number of imide groups is 1. The quantitative estimate of drug-likeness (QED) is 0.590. The summed E-state index contributed by atoms with van der Waals surface area (Å²) in [6, 6.07) is 18.9. The molecule has 2 aliphatic heterocycles. The van der Waals surface area contributed by atoms with Gasteiger partial charge < -0.3 is 14.1 Å². The van der Waals surface area contributed by atoms with E-state index >= 15 is 0 Å². The Morgan fingerprint density at radius 2 is 1.77 bits per heavy atom. The monoisotopic (exact) mass is 414 g/mol. The molecule has 2 aliphatic rings. The minimum Gasteiger partial charge on any atom is -0.496 e. The predicted octanol–water partition coefficient (Wildman–Crippen LogP) is 4.02. The van der Waals surface area contributed by atoms with Crippen molar-refractivity contribution in [1.29, 1.82) is 0 Å². The van der Waals surface area contributed by atoms with Gasteiger partial charge in [-0.2, -0.15) is 0 Å². The van der Waals surface area contributed by atoms with Crippen molar-refractivity contribution in [2.24, 2.45) is 0 Å². The summed E-state index contributed by atoms with van der Waals surface area (Å²) < 4.78 is 10.9. The van der Waals surface area contributed by atoms with Crippen molar-refractivity contribution >= 4 is 23.1 Å². The van der Waals surface area contributed by atoms with Crippen molar-refractivity contribution in [3.8, 4) is 5.75 Å². The molecule has 0 unspecified atom stereocenters. The molecule has 0 radical (unpaired) electrons. The third-order valence-corrected chi connectivity index (χ3v) is 5.79. The number of benzene rings is 2. The second-order valence-electron chi connectivity index (χ2n) is 7.58. The fraction of sp³-hybridized carbons (Fsp3) is 0.200. The summed E-state index contributed by atoms with van der Waals surface area (Å²) in [5.74, 6) is 0.450. The highest BCUT2D eigenvalue weighted by Crippen LogP contribution is 2.40. The number of para-hydroxylation sites is 2. The summed E-state index contributed by atoms with van der Waals surface area (Å²) in [6.07, 6.45) is 3.39. The van der Waals surface area contributed by atoms with Crippen LogP contribution in [0, 0.1) is 0 Å². The third kappa shape index (κ3) is 3.20. The van der Waals surface area contributed by atoms with Crippen molar-refractivity contribution in [2.45, 2.75) is 19.4 Å². The lowest BCUT2D eigenvalue weighted by Crippen LogP contribution is -2.36. The van der Waals surface area contributed by atoms with Crippen LogP contribution in [-0.2, 0) is 22.6 Å². The Kier molecular flexibility index (Phi) is 4.82. The number of anilines is 1. The highest BCUT2D eigenvalue weighted by molar-refractivity contribution is 6.37. The maximum absolute atomic E-state index is 13.7. The van der Waals surface area contributed by atoms with Gasteiger partial charge in [-0.25, -0.2) is 0 Å². The largest absolute Gasteiger partial charge is 0.496 e. The minimum atomic E-state index is -0.344. The van der Waals surface area contributed by atoms with E-state index in [9.17, 15) is 9.59 Å². The SMILES string of the molecule is COc1ccccc1C1=C(N2CCCc3ccccc32)C(=O)N(Cc2ccco2)C1=O. The van der Waals surface area contributed by atoms with Gasteiger partial charge >= 0.3 is 0 Å². The smallest absolute Gasteiger partial charge is 0.278 e. The van der Waals surface area contributed by atoms with Gasteiger partial charge in [0.15, 0.2) is 0 Å². The summed E-state index contributed by atoms with van der Waals surface area (Å²) in [5, 5.41) is 0. The molecule has 6 heteroatoms. The number of ether oxygens (including phenoxy) is 1. The molecule has 2 amide bonds. The average molecular weight is 414 g/mol. The van der Waals surface area contributed by atoms with E-state index in [1.165, 1.54) is 16.7 Å².